The van der Waals surface area contributed by atoms with E-state index in [1.54, 1.807) is 0 Å². The summed E-state index contributed by atoms with van der Waals surface area (Å²) >= 11 is 0. The lowest BCUT2D eigenvalue weighted by Crippen LogP contribution is -2.34. The summed E-state index contributed by atoms with van der Waals surface area (Å²) in [6.07, 6.45) is -6.81. The van der Waals surface area contributed by atoms with Gasteiger partial charge in [0.2, 0.25) is 0 Å². The maximum Gasteiger partial charge on any atom is 0.389 e. The lowest BCUT2D eigenvalue weighted by molar-refractivity contribution is -0.136. The summed E-state index contributed by atoms with van der Waals surface area (Å²) in [5, 5.41) is 9.04. The third-order valence-corrected chi connectivity index (χ3v) is 2.97. The number of halogens is 3. The van der Waals surface area contributed by atoms with Crippen LogP contribution in [-0.2, 0) is 10.1 Å². The van der Waals surface area contributed by atoms with Crippen molar-refractivity contribution in [1.29, 1.82) is 0 Å². The Balaban J connectivity index is 4.16. The van der Waals surface area contributed by atoms with Crippen LogP contribution in [0.3, 0.4) is 0 Å². The molecule has 0 bridgehead atoms. The minimum Gasteiger partial charge on any atom is -0.373 e. The van der Waals surface area contributed by atoms with Crippen molar-refractivity contribution >= 4 is 10.1 Å². The van der Waals surface area contributed by atoms with Crippen molar-refractivity contribution in [3.05, 3.63) is 0 Å². The highest BCUT2D eigenvalue weighted by molar-refractivity contribution is 7.87. The molecule has 0 rings (SSSR count). The summed E-state index contributed by atoms with van der Waals surface area (Å²) < 4.78 is 64.2. The van der Waals surface area contributed by atoms with E-state index in [4.69, 9.17) is 9.66 Å². The first-order chi connectivity index (χ1) is 5.96. The van der Waals surface area contributed by atoms with Gasteiger partial charge in [0.15, 0.2) is 4.93 Å². The van der Waals surface area contributed by atoms with Gasteiger partial charge in [0.25, 0.3) is 10.1 Å². The van der Waals surface area contributed by atoms with Crippen LogP contribution in [-0.4, -0.2) is 29.2 Å². The zero-order valence-corrected chi connectivity index (χ0v) is 8.19. The molecule has 14 heavy (non-hydrogen) atoms. The molecule has 0 radical (unpaired) electrons. The number of hydrogen-bond donors (Lipinski definition) is 2. The van der Waals surface area contributed by atoms with Crippen molar-refractivity contribution in [3.8, 4) is 0 Å². The summed E-state index contributed by atoms with van der Waals surface area (Å²) in [7, 11) is -4.73. The topological polar surface area (TPSA) is 74.6 Å². The van der Waals surface area contributed by atoms with Crippen LogP contribution in [0.25, 0.3) is 0 Å². The van der Waals surface area contributed by atoms with E-state index in [0.717, 1.165) is 6.92 Å². The van der Waals surface area contributed by atoms with Crippen molar-refractivity contribution in [2.24, 2.45) is 0 Å². The molecule has 0 aromatic carbocycles. The summed E-state index contributed by atoms with van der Waals surface area (Å²) in [4.78, 5) is -2.52. The fourth-order valence-corrected chi connectivity index (χ4v) is 1.15. The zero-order valence-electron chi connectivity index (χ0n) is 7.37. The fraction of sp³-hybridized carbons (Fsp3) is 1.00. The van der Waals surface area contributed by atoms with Crippen molar-refractivity contribution in [2.45, 2.75) is 37.3 Å². The molecule has 0 aliphatic rings. The van der Waals surface area contributed by atoms with Crippen molar-refractivity contribution in [2.75, 3.05) is 0 Å². The van der Waals surface area contributed by atoms with Gasteiger partial charge in [-0.25, -0.2) is 0 Å². The molecule has 1 atom stereocenters. The number of alkyl halides is 3. The number of hydrogen-bond acceptors (Lipinski definition) is 3. The standard InChI is InChI=1S/C6H11F3O4S/c1-5(10,14(11,12)13)3-2-4-6(7,8)9/h10H,2-4H2,1H3,(H,11,12,13). The van der Waals surface area contributed by atoms with Gasteiger partial charge < -0.3 is 5.11 Å². The largest absolute Gasteiger partial charge is 0.389 e. The van der Waals surface area contributed by atoms with Gasteiger partial charge in [0.05, 0.1) is 0 Å². The first-order valence-corrected chi connectivity index (χ1v) is 5.16. The summed E-state index contributed by atoms with van der Waals surface area (Å²) in [5.74, 6) is 0. The Bertz CT molecular complexity index is 280. The molecule has 8 heteroatoms. The molecule has 0 saturated heterocycles. The van der Waals surface area contributed by atoms with Gasteiger partial charge in [-0.3, -0.25) is 4.55 Å². The Morgan fingerprint density at radius 2 is 1.64 bits per heavy atom. The minimum atomic E-state index is -4.73. The van der Waals surface area contributed by atoms with Gasteiger partial charge in [0.1, 0.15) is 0 Å². The van der Waals surface area contributed by atoms with Gasteiger partial charge in [-0.05, 0) is 19.8 Å². The maximum atomic E-state index is 11.6. The second kappa shape index (κ2) is 4.03. The van der Waals surface area contributed by atoms with E-state index in [-0.39, 0.29) is 0 Å². The molecule has 0 spiro atoms. The molecule has 0 aliphatic heterocycles. The average Bonchev–Trinajstić information content (AvgIpc) is 1.80. The highest BCUT2D eigenvalue weighted by Gasteiger charge is 2.36. The van der Waals surface area contributed by atoms with E-state index in [1.807, 2.05) is 0 Å². The third-order valence-electron chi connectivity index (χ3n) is 1.66. The van der Waals surface area contributed by atoms with E-state index >= 15 is 0 Å². The highest BCUT2D eigenvalue weighted by Crippen LogP contribution is 2.26. The van der Waals surface area contributed by atoms with E-state index in [9.17, 15) is 21.6 Å². The molecular formula is C6H11F3O4S. The normalized spacial score (nSPS) is 17.9. The van der Waals surface area contributed by atoms with Crippen LogP contribution < -0.4 is 0 Å². The first kappa shape index (κ1) is 13.7. The SMILES string of the molecule is CC(O)(CCCC(F)(F)F)S(=O)(=O)O. The van der Waals surface area contributed by atoms with Gasteiger partial charge in [-0.1, -0.05) is 0 Å². The van der Waals surface area contributed by atoms with Crippen molar-refractivity contribution in [3.63, 3.8) is 0 Å². The lowest BCUT2D eigenvalue weighted by Gasteiger charge is -2.19. The van der Waals surface area contributed by atoms with Crippen LogP contribution in [0, 0.1) is 0 Å². The predicted molar refractivity (Wildman–Crippen MR) is 42.1 cm³/mol. The van der Waals surface area contributed by atoms with Crippen LogP contribution in [0.4, 0.5) is 13.2 Å². The molecule has 0 fully saturated rings. The Morgan fingerprint density at radius 1 is 1.21 bits per heavy atom. The van der Waals surface area contributed by atoms with Gasteiger partial charge in [-0.15, -0.1) is 0 Å². The van der Waals surface area contributed by atoms with Gasteiger partial charge >= 0.3 is 6.18 Å². The summed E-state index contributed by atoms with van der Waals surface area (Å²) in [6, 6.07) is 0. The fourth-order valence-electron chi connectivity index (χ4n) is 0.746. The predicted octanol–water partition coefficient (Wildman–Crippen LogP) is 1.32. The molecule has 0 saturated carbocycles. The second-order valence-corrected chi connectivity index (χ2v) is 4.95. The first-order valence-electron chi connectivity index (χ1n) is 3.72. The molecular weight excluding hydrogens is 225 g/mol. The van der Waals surface area contributed by atoms with E-state index in [0.29, 0.717) is 0 Å². The molecule has 0 aliphatic carbocycles. The third kappa shape index (κ3) is 4.77. The lowest BCUT2D eigenvalue weighted by atomic mass is 10.1. The number of rotatable bonds is 4. The van der Waals surface area contributed by atoms with Gasteiger partial charge in [-0.2, -0.15) is 21.6 Å². The second-order valence-electron chi connectivity index (χ2n) is 3.12. The monoisotopic (exact) mass is 236 g/mol. The van der Waals surface area contributed by atoms with Gasteiger partial charge in [0, 0.05) is 6.42 Å². The average molecular weight is 236 g/mol. The Labute approximate surface area is 79.5 Å². The van der Waals surface area contributed by atoms with E-state index in [1.165, 1.54) is 0 Å². The molecule has 1 unspecified atom stereocenters. The summed E-state index contributed by atoms with van der Waals surface area (Å²) in [6.45, 7) is 0.749. The number of aliphatic hydroxyl groups is 1. The minimum absolute atomic E-state index is 0.559. The van der Waals surface area contributed by atoms with Crippen molar-refractivity contribution < 1.29 is 31.2 Å². The zero-order chi connectivity index (χ0) is 11.6. The Hall–Kier alpha value is -0.340. The Kier molecular flexibility index (Phi) is 3.93. The molecule has 0 heterocycles. The maximum absolute atomic E-state index is 11.6. The summed E-state index contributed by atoms with van der Waals surface area (Å²) in [5.41, 5.74) is 0. The molecule has 86 valence electrons. The Morgan fingerprint density at radius 3 is 1.93 bits per heavy atom. The molecule has 0 aromatic rings. The molecule has 0 aromatic heterocycles. The van der Waals surface area contributed by atoms with Crippen LogP contribution in [0.2, 0.25) is 0 Å². The smallest absolute Gasteiger partial charge is 0.373 e. The quantitative estimate of drug-likeness (QED) is 0.722. The van der Waals surface area contributed by atoms with Crippen LogP contribution in [0.1, 0.15) is 26.2 Å². The van der Waals surface area contributed by atoms with E-state index in [2.05, 4.69) is 0 Å². The molecule has 4 nitrogen and oxygen atoms in total. The van der Waals surface area contributed by atoms with Crippen LogP contribution in [0.15, 0.2) is 0 Å². The van der Waals surface area contributed by atoms with E-state index < -0.39 is 40.5 Å². The van der Waals surface area contributed by atoms with Crippen LogP contribution >= 0.6 is 0 Å². The molecule has 2 N–H and O–H groups in total. The van der Waals surface area contributed by atoms with Crippen LogP contribution in [0.5, 0.6) is 0 Å². The molecule has 0 amide bonds. The van der Waals surface area contributed by atoms with Crippen molar-refractivity contribution in [1.82, 2.24) is 0 Å². The highest BCUT2D eigenvalue weighted by atomic mass is 32.2.